The molecule has 7 heteroatoms. The lowest BCUT2D eigenvalue weighted by Crippen LogP contribution is -2.39. The Morgan fingerprint density at radius 1 is 1.12 bits per heavy atom. The number of benzene rings is 2. The van der Waals surface area contributed by atoms with E-state index in [0.717, 1.165) is 22.6 Å². The first-order valence-corrected chi connectivity index (χ1v) is 11.7. The Bertz CT molecular complexity index is 1120. The van der Waals surface area contributed by atoms with E-state index in [4.69, 9.17) is 14.2 Å². The van der Waals surface area contributed by atoms with Crippen molar-refractivity contribution >= 4 is 23.1 Å². The van der Waals surface area contributed by atoms with Crippen molar-refractivity contribution in [3.63, 3.8) is 0 Å². The molecule has 1 aliphatic heterocycles. The molecule has 3 atom stereocenters. The maximum atomic E-state index is 13.8. The van der Waals surface area contributed by atoms with Gasteiger partial charge in [0.05, 0.1) is 37.2 Å². The maximum Gasteiger partial charge on any atom is 0.316 e. The number of esters is 1. The van der Waals surface area contributed by atoms with Gasteiger partial charge in [-0.25, -0.2) is 0 Å². The standard InChI is InChI=1S/C27H32N2O5/c1-6-33-22-14-17(11-12-21(22)34-15(2)3)25-24-20(28-18-9-7-8-10-19(18)29-25)13-16(4)23(26(24)30)27(31)32-5/h7-12,14-16,23,25,28-29H,6,13H2,1-5H3/t16-,23+,25-/m0/s1. The Morgan fingerprint density at radius 2 is 1.85 bits per heavy atom. The average Bonchev–Trinajstić information content (AvgIpc) is 2.96. The van der Waals surface area contributed by atoms with E-state index in [0.29, 0.717) is 30.1 Å². The molecule has 0 amide bonds. The Kier molecular flexibility index (Phi) is 6.82. The monoisotopic (exact) mass is 464 g/mol. The van der Waals surface area contributed by atoms with Crippen LogP contribution in [0.1, 0.15) is 45.7 Å². The van der Waals surface area contributed by atoms with Gasteiger partial charge in [0.15, 0.2) is 17.3 Å². The number of fused-ring (bicyclic) bond motifs is 1. The molecule has 0 unspecified atom stereocenters. The van der Waals surface area contributed by atoms with Crippen molar-refractivity contribution in [1.29, 1.82) is 0 Å². The number of para-hydroxylation sites is 2. The highest BCUT2D eigenvalue weighted by molar-refractivity contribution is 6.11. The molecule has 0 bridgehead atoms. The van der Waals surface area contributed by atoms with Crippen molar-refractivity contribution < 1.29 is 23.8 Å². The van der Waals surface area contributed by atoms with Gasteiger partial charge in [-0.1, -0.05) is 25.1 Å². The van der Waals surface area contributed by atoms with E-state index in [1.807, 2.05) is 70.2 Å². The summed E-state index contributed by atoms with van der Waals surface area (Å²) in [4.78, 5) is 26.3. The molecule has 0 aromatic heterocycles. The van der Waals surface area contributed by atoms with Crippen LogP contribution in [0.3, 0.4) is 0 Å². The zero-order valence-electron chi connectivity index (χ0n) is 20.3. The van der Waals surface area contributed by atoms with Crippen LogP contribution in [0, 0.1) is 11.8 Å². The quantitative estimate of drug-likeness (QED) is 0.454. The molecule has 0 saturated heterocycles. The van der Waals surface area contributed by atoms with E-state index in [1.165, 1.54) is 7.11 Å². The molecule has 7 nitrogen and oxygen atoms in total. The molecule has 1 aliphatic carbocycles. The van der Waals surface area contributed by atoms with Crippen LogP contribution in [-0.4, -0.2) is 31.6 Å². The molecule has 4 rings (SSSR count). The fraction of sp³-hybridized carbons (Fsp3) is 0.407. The second kappa shape index (κ2) is 9.79. The van der Waals surface area contributed by atoms with Gasteiger partial charge in [0.1, 0.15) is 5.92 Å². The number of hydrogen-bond acceptors (Lipinski definition) is 7. The molecule has 0 saturated carbocycles. The van der Waals surface area contributed by atoms with E-state index in [2.05, 4.69) is 10.6 Å². The summed E-state index contributed by atoms with van der Waals surface area (Å²) in [6.45, 7) is 8.24. The zero-order chi connectivity index (χ0) is 24.4. The Balaban J connectivity index is 1.85. The van der Waals surface area contributed by atoms with Crippen LogP contribution < -0.4 is 20.1 Å². The number of methoxy groups -OCH3 is 1. The largest absolute Gasteiger partial charge is 0.490 e. The summed E-state index contributed by atoms with van der Waals surface area (Å²) in [5.41, 5.74) is 3.97. The maximum absolute atomic E-state index is 13.8. The summed E-state index contributed by atoms with van der Waals surface area (Å²) >= 11 is 0. The van der Waals surface area contributed by atoms with Crippen LogP contribution in [-0.2, 0) is 14.3 Å². The van der Waals surface area contributed by atoms with Gasteiger partial charge in [-0.2, -0.15) is 0 Å². The summed E-state index contributed by atoms with van der Waals surface area (Å²) in [5, 5.41) is 7.00. The molecule has 2 aromatic rings. The molecule has 2 aromatic carbocycles. The zero-order valence-corrected chi connectivity index (χ0v) is 20.3. The molecule has 0 fully saturated rings. The van der Waals surface area contributed by atoms with Gasteiger partial charge in [0.25, 0.3) is 0 Å². The van der Waals surface area contributed by atoms with Crippen LogP contribution in [0.25, 0.3) is 0 Å². The highest BCUT2D eigenvalue weighted by Gasteiger charge is 2.44. The predicted molar refractivity (Wildman–Crippen MR) is 131 cm³/mol. The second-order valence-corrected chi connectivity index (χ2v) is 8.99. The van der Waals surface area contributed by atoms with Gasteiger partial charge < -0.3 is 24.8 Å². The van der Waals surface area contributed by atoms with Gasteiger partial charge in [0.2, 0.25) is 0 Å². The first-order chi connectivity index (χ1) is 16.3. The summed E-state index contributed by atoms with van der Waals surface area (Å²) in [7, 11) is 1.32. The Morgan fingerprint density at radius 3 is 2.53 bits per heavy atom. The molecule has 2 N–H and O–H groups in total. The number of carbonyl (C=O) groups is 2. The molecule has 1 heterocycles. The lowest BCUT2D eigenvalue weighted by molar-refractivity contribution is -0.151. The van der Waals surface area contributed by atoms with Crippen LogP contribution in [0.4, 0.5) is 11.4 Å². The number of hydrogen-bond donors (Lipinski definition) is 2. The molecule has 2 aliphatic rings. The number of carbonyl (C=O) groups excluding carboxylic acids is 2. The first kappa shape index (κ1) is 23.7. The van der Waals surface area contributed by atoms with Crippen LogP contribution in [0.5, 0.6) is 11.5 Å². The first-order valence-electron chi connectivity index (χ1n) is 11.7. The fourth-order valence-corrected chi connectivity index (χ4v) is 4.71. The minimum absolute atomic E-state index is 0.00586. The third-order valence-electron chi connectivity index (χ3n) is 6.19. The lowest BCUT2D eigenvalue weighted by atomic mass is 9.75. The van der Waals surface area contributed by atoms with Crippen molar-refractivity contribution in [2.45, 2.75) is 46.3 Å². The summed E-state index contributed by atoms with van der Waals surface area (Å²) in [6.07, 6.45) is 0.550. The highest BCUT2D eigenvalue weighted by atomic mass is 16.5. The number of anilines is 2. The predicted octanol–water partition coefficient (Wildman–Crippen LogP) is 5.10. The van der Waals surface area contributed by atoms with Gasteiger partial charge in [-0.15, -0.1) is 0 Å². The van der Waals surface area contributed by atoms with E-state index in [-0.39, 0.29) is 17.8 Å². The van der Waals surface area contributed by atoms with Crippen molar-refractivity contribution in [3.05, 3.63) is 59.3 Å². The molecule has 180 valence electrons. The van der Waals surface area contributed by atoms with Gasteiger partial charge in [0, 0.05) is 11.3 Å². The molecule has 34 heavy (non-hydrogen) atoms. The smallest absolute Gasteiger partial charge is 0.316 e. The number of allylic oxidation sites excluding steroid dienone is 1. The van der Waals surface area contributed by atoms with Crippen LogP contribution >= 0.6 is 0 Å². The molecular weight excluding hydrogens is 432 g/mol. The number of nitrogens with one attached hydrogen (secondary N) is 2. The minimum Gasteiger partial charge on any atom is -0.490 e. The third-order valence-corrected chi connectivity index (χ3v) is 6.19. The molecule has 0 radical (unpaired) electrons. The van der Waals surface area contributed by atoms with Crippen molar-refractivity contribution in [2.24, 2.45) is 11.8 Å². The molecular formula is C27H32N2O5. The molecule has 0 spiro atoms. The van der Waals surface area contributed by atoms with E-state index in [9.17, 15) is 9.59 Å². The average molecular weight is 465 g/mol. The topological polar surface area (TPSA) is 85.9 Å². The van der Waals surface area contributed by atoms with Crippen molar-refractivity contribution in [3.8, 4) is 11.5 Å². The summed E-state index contributed by atoms with van der Waals surface area (Å²) < 4.78 is 16.8. The number of ketones is 1. The Labute approximate surface area is 200 Å². The fourth-order valence-electron chi connectivity index (χ4n) is 4.71. The van der Waals surface area contributed by atoms with Crippen molar-refractivity contribution in [2.75, 3.05) is 24.4 Å². The number of ether oxygens (including phenoxy) is 3. The van der Waals surface area contributed by atoms with E-state index < -0.39 is 17.9 Å². The number of Topliss-reactive ketones (excluding diaryl/α,β-unsaturated/α-hetero) is 1. The normalized spacial score (nSPS) is 21.6. The van der Waals surface area contributed by atoms with Gasteiger partial charge in [-0.05, 0) is 62.9 Å². The van der Waals surface area contributed by atoms with Crippen LogP contribution in [0.15, 0.2) is 53.7 Å². The number of rotatable bonds is 6. The lowest BCUT2D eigenvalue weighted by Gasteiger charge is -2.32. The van der Waals surface area contributed by atoms with Crippen LogP contribution in [0.2, 0.25) is 0 Å². The summed E-state index contributed by atoms with van der Waals surface area (Å²) in [6, 6.07) is 13.1. The van der Waals surface area contributed by atoms with Gasteiger partial charge >= 0.3 is 5.97 Å². The third kappa shape index (κ3) is 4.47. The minimum atomic E-state index is -0.842. The van der Waals surface area contributed by atoms with E-state index in [1.54, 1.807) is 0 Å². The van der Waals surface area contributed by atoms with Gasteiger partial charge in [-0.3, -0.25) is 9.59 Å². The summed E-state index contributed by atoms with van der Waals surface area (Å²) in [5.74, 6) is -0.481. The Hall–Kier alpha value is -3.48. The highest BCUT2D eigenvalue weighted by Crippen LogP contribution is 2.45. The SMILES string of the molecule is CCOc1cc([C@@H]2Nc3ccccc3NC3=C2C(=O)[C@H](C(=O)OC)[C@@H](C)C3)ccc1OC(C)C. The second-order valence-electron chi connectivity index (χ2n) is 8.99. The van der Waals surface area contributed by atoms with Crippen molar-refractivity contribution in [1.82, 2.24) is 0 Å². The van der Waals surface area contributed by atoms with E-state index >= 15 is 0 Å².